The van der Waals surface area contributed by atoms with Gasteiger partial charge in [-0.05, 0) is 29.6 Å². The molecule has 7 nitrogen and oxygen atoms in total. The number of benzene rings is 1. The fourth-order valence-corrected chi connectivity index (χ4v) is 4.07. The SMILES string of the molecule is O=C(CSc1nc(-c2cccs2)nc2ccccc12)NC(=O)NCc1ccco1. The van der Waals surface area contributed by atoms with Crippen molar-refractivity contribution in [2.75, 3.05) is 5.75 Å². The van der Waals surface area contributed by atoms with Gasteiger partial charge in [0.05, 0.1) is 29.0 Å². The van der Waals surface area contributed by atoms with Gasteiger partial charge in [0.1, 0.15) is 10.8 Å². The number of carbonyl (C=O) groups excluding carboxylic acids is 2. The fourth-order valence-electron chi connectivity index (χ4n) is 2.59. The van der Waals surface area contributed by atoms with Crippen molar-refractivity contribution >= 4 is 45.9 Å². The third-order valence-corrected chi connectivity index (χ3v) is 5.76. The molecule has 4 rings (SSSR count). The van der Waals surface area contributed by atoms with Crippen molar-refractivity contribution < 1.29 is 14.0 Å². The molecule has 2 N–H and O–H groups in total. The van der Waals surface area contributed by atoms with E-state index in [0.29, 0.717) is 16.6 Å². The molecule has 3 heterocycles. The summed E-state index contributed by atoms with van der Waals surface area (Å²) >= 11 is 2.83. The first kappa shape index (κ1) is 19.2. The molecule has 3 aromatic heterocycles. The number of thiophene rings is 1. The molecule has 0 fully saturated rings. The largest absolute Gasteiger partial charge is 0.467 e. The molecule has 3 amide bonds. The standard InChI is InChI=1S/C20H16N4O3S2/c25-17(23-20(26)21-11-13-5-3-9-27-13)12-29-19-14-6-1-2-7-15(14)22-18(24-19)16-8-4-10-28-16/h1-10H,11-12H2,(H2,21,23,25,26). The topological polar surface area (TPSA) is 97.1 Å². The summed E-state index contributed by atoms with van der Waals surface area (Å²) in [5.74, 6) is 0.875. The van der Waals surface area contributed by atoms with Gasteiger partial charge in [0.15, 0.2) is 5.82 Å². The van der Waals surface area contributed by atoms with Crippen LogP contribution in [-0.4, -0.2) is 27.7 Å². The lowest BCUT2D eigenvalue weighted by atomic mass is 10.2. The van der Waals surface area contributed by atoms with Crippen LogP contribution in [0.2, 0.25) is 0 Å². The summed E-state index contributed by atoms with van der Waals surface area (Å²) in [4.78, 5) is 34.3. The summed E-state index contributed by atoms with van der Waals surface area (Å²) < 4.78 is 5.13. The number of amides is 3. The van der Waals surface area contributed by atoms with Crippen LogP contribution in [-0.2, 0) is 11.3 Å². The van der Waals surface area contributed by atoms with Crippen LogP contribution in [0.15, 0.2) is 69.6 Å². The summed E-state index contributed by atoms with van der Waals surface area (Å²) in [7, 11) is 0. The molecule has 1 aromatic carbocycles. The maximum absolute atomic E-state index is 12.2. The molecule has 0 aliphatic rings. The summed E-state index contributed by atoms with van der Waals surface area (Å²) in [5.41, 5.74) is 0.810. The number of nitrogens with one attached hydrogen (secondary N) is 2. The monoisotopic (exact) mass is 424 g/mol. The second kappa shape index (κ2) is 8.89. The molecule has 0 saturated heterocycles. The Kier molecular flexibility index (Phi) is 5.87. The molecule has 146 valence electrons. The van der Waals surface area contributed by atoms with E-state index in [-0.39, 0.29) is 12.3 Å². The van der Waals surface area contributed by atoms with Crippen LogP contribution in [0.5, 0.6) is 0 Å². The third-order valence-electron chi connectivity index (χ3n) is 3.91. The van der Waals surface area contributed by atoms with Gasteiger partial charge in [-0.15, -0.1) is 11.3 Å². The molecular formula is C20H16N4O3S2. The molecule has 0 unspecified atom stereocenters. The molecule has 4 aromatic rings. The number of hydrogen-bond acceptors (Lipinski definition) is 7. The molecule has 0 aliphatic heterocycles. The normalized spacial score (nSPS) is 10.8. The number of nitrogens with zero attached hydrogens (tertiary/aromatic N) is 2. The lowest BCUT2D eigenvalue weighted by Crippen LogP contribution is -2.39. The second-order valence-corrected chi connectivity index (χ2v) is 7.86. The lowest BCUT2D eigenvalue weighted by Gasteiger charge is -2.08. The van der Waals surface area contributed by atoms with Gasteiger partial charge in [-0.3, -0.25) is 10.1 Å². The van der Waals surface area contributed by atoms with Gasteiger partial charge in [-0.2, -0.15) is 0 Å². The second-order valence-electron chi connectivity index (χ2n) is 5.95. The van der Waals surface area contributed by atoms with E-state index in [1.165, 1.54) is 18.0 Å². The predicted molar refractivity (Wildman–Crippen MR) is 113 cm³/mol. The van der Waals surface area contributed by atoms with Gasteiger partial charge < -0.3 is 9.73 Å². The van der Waals surface area contributed by atoms with Crippen LogP contribution in [0.4, 0.5) is 4.79 Å². The van der Waals surface area contributed by atoms with Crippen LogP contribution in [0.1, 0.15) is 5.76 Å². The number of para-hydroxylation sites is 1. The number of imide groups is 1. The number of hydrogen-bond donors (Lipinski definition) is 2. The van der Waals surface area contributed by atoms with E-state index in [2.05, 4.69) is 20.6 Å². The highest BCUT2D eigenvalue weighted by molar-refractivity contribution is 8.00. The summed E-state index contributed by atoms with van der Waals surface area (Å²) in [6.45, 7) is 0.208. The molecule has 0 saturated carbocycles. The van der Waals surface area contributed by atoms with Crippen molar-refractivity contribution in [3.63, 3.8) is 0 Å². The first-order valence-corrected chi connectivity index (χ1v) is 10.6. The van der Waals surface area contributed by atoms with Gasteiger partial charge in [-0.1, -0.05) is 36.0 Å². The average molecular weight is 425 g/mol. The molecule has 0 aliphatic carbocycles. The number of rotatable bonds is 6. The summed E-state index contributed by atoms with van der Waals surface area (Å²) in [6, 6.07) is 14.5. The van der Waals surface area contributed by atoms with E-state index in [0.717, 1.165) is 15.8 Å². The van der Waals surface area contributed by atoms with Crippen molar-refractivity contribution in [1.29, 1.82) is 0 Å². The molecule has 29 heavy (non-hydrogen) atoms. The minimum absolute atomic E-state index is 0.0546. The van der Waals surface area contributed by atoms with Gasteiger partial charge in [0.25, 0.3) is 0 Å². The summed E-state index contributed by atoms with van der Waals surface area (Å²) in [6.07, 6.45) is 1.52. The Morgan fingerprint density at radius 1 is 1.07 bits per heavy atom. The van der Waals surface area contributed by atoms with E-state index >= 15 is 0 Å². The minimum atomic E-state index is -0.571. The van der Waals surface area contributed by atoms with Gasteiger partial charge in [0, 0.05) is 5.39 Å². The third kappa shape index (κ3) is 4.82. The molecular weight excluding hydrogens is 408 g/mol. The van der Waals surface area contributed by atoms with Gasteiger partial charge in [-0.25, -0.2) is 14.8 Å². The van der Waals surface area contributed by atoms with E-state index in [1.54, 1.807) is 23.5 Å². The first-order valence-electron chi connectivity index (χ1n) is 8.72. The number of thioether (sulfide) groups is 1. The van der Waals surface area contributed by atoms with E-state index in [4.69, 9.17) is 4.42 Å². The van der Waals surface area contributed by atoms with Crippen LogP contribution < -0.4 is 10.6 Å². The Morgan fingerprint density at radius 3 is 2.76 bits per heavy atom. The van der Waals surface area contributed by atoms with E-state index in [1.807, 2.05) is 41.8 Å². The highest BCUT2D eigenvalue weighted by Gasteiger charge is 2.13. The Morgan fingerprint density at radius 2 is 1.97 bits per heavy atom. The first-order chi connectivity index (χ1) is 14.2. The Bertz CT molecular complexity index is 1130. The van der Waals surface area contributed by atoms with Crippen LogP contribution in [0, 0.1) is 0 Å². The molecule has 0 bridgehead atoms. The molecule has 9 heteroatoms. The maximum Gasteiger partial charge on any atom is 0.321 e. The Balaban J connectivity index is 1.42. The zero-order valence-electron chi connectivity index (χ0n) is 15.1. The molecule has 0 spiro atoms. The number of carbonyl (C=O) groups is 2. The highest BCUT2D eigenvalue weighted by Crippen LogP contribution is 2.29. The van der Waals surface area contributed by atoms with E-state index < -0.39 is 11.9 Å². The number of furan rings is 1. The smallest absolute Gasteiger partial charge is 0.321 e. The predicted octanol–water partition coefficient (Wildman–Crippen LogP) is 4.07. The summed E-state index contributed by atoms with van der Waals surface area (Å²) in [5, 5.41) is 8.42. The van der Waals surface area contributed by atoms with Crippen molar-refractivity contribution in [2.24, 2.45) is 0 Å². The van der Waals surface area contributed by atoms with Crippen LogP contribution in [0.25, 0.3) is 21.6 Å². The van der Waals surface area contributed by atoms with Crippen LogP contribution in [0.3, 0.4) is 0 Å². The van der Waals surface area contributed by atoms with Crippen molar-refractivity contribution in [3.8, 4) is 10.7 Å². The lowest BCUT2D eigenvalue weighted by molar-refractivity contribution is -0.117. The number of fused-ring (bicyclic) bond motifs is 1. The molecule has 0 radical (unpaired) electrons. The van der Waals surface area contributed by atoms with Gasteiger partial charge >= 0.3 is 6.03 Å². The fraction of sp³-hybridized carbons (Fsp3) is 0.100. The minimum Gasteiger partial charge on any atom is -0.467 e. The van der Waals surface area contributed by atoms with Crippen molar-refractivity contribution in [3.05, 3.63) is 65.9 Å². The van der Waals surface area contributed by atoms with Gasteiger partial charge in [0.2, 0.25) is 5.91 Å². The van der Waals surface area contributed by atoms with Crippen molar-refractivity contribution in [1.82, 2.24) is 20.6 Å². The van der Waals surface area contributed by atoms with E-state index in [9.17, 15) is 9.59 Å². The Labute approximate surface area is 174 Å². The Hall–Kier alpha value is -3.17. The highest BCUT2D eigenvalue weighted by atomic mass is 32.2. The zero-order chi connectivity index (χ0) is 20.1. The molecule has 0 atom stereocenters. The number of urea groups is 1. The quantitative estimate of drug-likeness (QED) is 0.358. The maximum atomic E-state index is 12.2. The average Bonchev–Trinajstić information content (AvgIpc) is 3.44. The van der Waals surface area contributed by atoms with Crippen molar-refractivity contribution in [2.45, 2.75) is 11.6 Å². The van der Waals surface area contributed by atoms with Crippen LogP contribution >= 0.6 is 23.1 Å². The zero-order valence-corrected chi connectivity index (χ0v) is 16.8. The number of aromatic nitrogens is 2.